The molecule has 1 amide bonds. The van der Waals surface area contributed by atoms with Crippen LogP contribution in [0.4, 0.5) is 0 Å². The van der Waals surface area contributed by atoms with Crippen LogP contribution in [0, 0.1) is 5.92 Å². The molecule has 0 aromatic heterocycles. The molecule has 4 rings (SSSR count). The van der Waals surface area contributed by atoms with E-state index in [1.54, 1.807) is 0 Å². The van der Waals surface area contributed by atoms with E-state index in [4.69, 9.17) is 0 Å². The van der Waals surface area contributed by atoms with E-state index in [0.717, 1.165) is 28.3 Å². The SMILES string of the molecule is O=C1NC[C@@H]2C(=O)CC[C@H]2c2ccc3ccccc3c21. The van der Waals surface area contributed by atoms with Crippen LogP contribution in [0.3, 0.4) is 0 Å². The molecule has 0 unspecified atom stereocenters. The minimum Gasteiger partial charge on any atom is -0.351 e. The summed E-state index contributed by atoms with van der Waals surface area (Å²) in [5, 5.41) is 5.00. The van der Waals surface area contributed by atoms with Gasteiger partial charge < -0.3 is 5.32 Å². The third kappa shape index (κ3) is 1.52. The van der Waals surface area contributed by atoms with Gasteiger partial charge in [0.25, 0.3) is 5.91 Å². The second kappa shape index (κ2) is 4.17. The summed E-state index contributed by atoms with van der Waals surface area (Å²) in [4.78, 5) is 24.4. The Hall–Kier alpha value is -2.16. The number of Topliss-reactive ketones (excluding diaryl/α,β-unsaturated/α-hetero) is 1. The van der Waals surface area contributed by atoms with Gasteiger partial charge in [-0.1, -0.05) is 36.4 Å². The fourth-order valence-corrected chi connectivity index (χ4v) is 3.68. The maximum Gasteiger partial charge on any atom is 0.252 e. The zero-order chi connectivity index (χ0) is 13.7. The molecule has 1 saturated carbocycles. The summed E-state index contributed by atoms with van der Waals surface area (Å²) < 4.78 is 0. The maximum atomic E-state index is 12.4. The number of amides is 1. The topological polar surface area (TPSA) is 46.2 Å². The van der Waals surface area contributed by atoms with Gasteiger partial charge in [0.15, 0.2) is 0 Å². The van der Waals surface area contributed by atoms with Crippen LogP contribution in [0.25, 0.3) is 10.8 Å². The summed E-state index contributed by atoms with van der Waals surface area (Å²) in [6, 6.07) is 12.0. The molecule has 2 atom stereocenters. The minimum absolute atomic E-state index is 0.0404. The first-order valence-electron chi connectivity index (χ1n) is 7.08. The molecule has 1 aliphatic carbocycles. The molecule has 2 aliphatic rings. The average molecular weight is 265 g/mol. The van der Waals surface area contributed by atoms with Gasteiger partial charge in [0.05, 0.1) is 5.56 Å². The first kappa shape index (κ1) is 11.6. The van der Waals surface area contributed by atoms with Crippen molar-refractivity contribution in [3.05, 3.63) is 47.5 Å². The largest absolute Gasteiger partial charge is 0.351 e. The van der Waals surface area contributed by atoms with Crippen LogP contribution in [0.1, 0.15) is 34.7 Å². The molecule has 0 spiro atoms. The first-order chi connectivity index (χ1) is 9.75. The molecule has 2 aromatic rings. The molecule has 0 saturated heterocycles. The fourth-order valence-electron chi connectivity index (χ4n) is 3.68. The van der Waals surface area contributed by atoms with Crippen LogP contribution in [0.2, 0.25) is 0 Å². The van der Waals surface area contributed by atoms with Crippen molar-refractivity contribution in [1.82, 2.24) is 5.32 Å². The number of nitrogens with one attached hydrogen (secondary N) is 1. The number of carbonyl (C=O) groups is 2. The van der Waals surface area contributed by atoms with Crippen molar-refractivity contribution in [1.29, 1.82) is 0 Å². The van der Waals surface area contributed by atoms with Gasteiger partial charge in [-0.2, -0.15) is 0 Å². The van der Waals surface area contributed by atoms with Gasteiger partial charge in [0, 0.05) is 18.9 Å². The van der Waals surface area contributed by atoms with Gasteiger partial charge in [0.2, 0.25) is 0 Å². The predicted molar refractivity (Wildman–Crippen MR) is 76.8 cm³/mol. The van der Waals surface area contributed by atoms with E-state index in [2.05, 4.69) is 11.4 Å². The molecular weight excluding hydrogens is 250 g/mol. The van der Waals surface area contributed by atoms with Crippen LogP contribution < -0.4 is 5.32 Å². The first-order valence-corrected chi connectivity index (χ1v) is 7.08. The highest BCUT2D eigenvalue weighted by molar-refractivity contribution is 6.09. The Bertz CT molecular complexity index is 735. The predicted octanol–water partition coefficient (Wildman–Crippen LogP) is 2.65. The Morgan fingerprint density at radius 3 is 2.75 bits per heavy atom. The van der Waals surface area contributed by atoms with E-state index in [1.807, 2.05) is 30.3 Å². The Morgan fingerprint density at radius 1 is 1.00 bits per heavy atom. The van der Waals surface area contributed by atoms with Gasteiger partial charge in [-0.15, -0.1) is 0 Å². The summed E-state index contributed by atoms with van der Waals surface area (Å²) in [7, 11) is 0. The summed E-state index contributed by atoms with van der Waals surface area (Å²) in [6.07, 6.45) is 1.50. The average Bonchev–Trinajstić information content (AvgIpc) is 2.77. The number of ketones is 1. The summed E-state index contributed by atoms with van der Waals surface area (Å²) in [5.41, 5.74) is 1.82. The van der Waals surface area contributed by atoms with Crippen molar-refractivity contribution in [2.24, 2.45) is 5.92 Å². The smallest absolute Gasteiger partial charge is 0.252 e. The number of carbonyl (C=O) groups excluding carboxylic acids is 2. The van der Waals surface area contributed by atoms with Gasteiger partial charge in [0.1, 0.15) is 5.78 Å². The molecular formula is C17H15NO2. The summed E-state index contributed by atoms with van der Waals surface area (Å²) >= 11 is 0. The molecule has 2 aromatic carbocycles. The lowest BCUT2D eigenvalue weighted by atomic mass is 9.85. The van der Waals surface area contributed by atoms with E-state index in [1.165, 1.54) is 0 Å². The van der Waals surface area contributed by atoms with E-state index < -0.39 is 0 Å². The highest BCUT2D eigenvalue weighted by Gasteiger charge is 2.39. The Balaban J connectivity index is 2.01. The highest BCUT2D eigenvalue weighted by atomic mass is 16.2. The fraction of sp³-hybridized carbons (Fsp3) is 0.294. The third-order valence-corrected chi connectivity index (χ3v) is 4.67. The van der Waals surface area contributed by atoms with Crippen LogP contribution in [0.5, 0.6) is 0 Å². The highest BCUT2D eigenvalue weighted by Crippen LogP contribution is 2.41. The van der Waals surface area contributed by atoms with Crippen LogP contribution in [-0.2, 0) is 4.79 Å². The molecule has 3 heteroatoms. The lowest BCUT2D eigenvalue weighted by Crippen LogP contribution is -2.29. The molecule has 0 radical (unpaired) electrons. The zero-order valence-corrected chi connectivity index (χ0v) is 11.1. The van der Waals surface area contributed by atoms with Crippen molar-refractivity contribution >= 4 is 22.5 Å². The van der Waals surface area contributed by atoms with Gasteiger partial charge >= 0.3 is 0 Å². The number of benzene rings is 2. The summed E-state index contributed by atoms with van der Waals surface area (Å²) in [5.74, 6) is 0.401. The number of hydrogen-bond acceptors (Lipinski definition) is 2. The Labute approximate surface area is 117 Å². The minimum atomic E-state index is -0.0426. The number of fused-ring (bicyclic) bond motifs is 5. The third-order valence-electron chi connectivity index (χ3n) is 4.67. The molecule has 1 heterocycles. The van der Waals surface area contributed by atoms with E-state index >= 15 is 0 Å². The van der Waals surface area contributed by atoms with Crippen molar-refractivity contribution in [3.63, 3.8) is 0 Å². The van der Waals surface area contributed by atoms with E-state index in [0.29, 0.717) is 13.0 Å². The molecule has 0 bridgehead atoms. The zero-order valence-electron chi connectivity index (χ0n) is 11.1. The quantitative estimate of drug-likeness (QED) is 0.796. The molecule has 1 fully saturated rings. The monoisotopic (exact) mass is 265 g/mol. The van der Waals surface area contributed by atoms with Crippen molar-refractivity contribution in [3.8, 4) is 0 Å². The van der Waals surface area contributed by atoms with Crippen LogP contribution >= 0.6 is 0 Å². The molecule has 100 valence electrons. The Kier molecular flexibility index (Phi) is 2.43. The number of hydrogen-bond donors (Lipinski definition) is 1. The van der Waals surface area contributed by atoms with Crippen LogP contribution in [0.15, 0.2) is 36.4 Å². The molecule has 1 N–H and O–H groups in total. The Morgan fingerprint density at radius 2 is 1.85 bits per heavy atom. The van der Waals surface area contributed by atoms with Gasteiger partial charge in [-0.05, 0) is 28.7 Å². The lowest BCUT2D eigenvalue weighted by molar-refractivity contribution is -0.120. The van der Waals surface area contributed by atoms with Crippen molar-refractivity contribution in [2.75, 3.05) is 6.54 Å². The summed E-state index contributed by atoms with van der Waals surface area (Å²) in [6.45, 7) is 0.478. The van der Waals surface area contributed by atoms with E-state index in [-0.39, 0.29) is 23.5 Å². The maximum absolute atomic E-state index is 12.4. The van der Waals surface area contributed by atoms with Crippen molar-refractivity contribution < 1.29 is 9.59 Å². The van der Waals surface area contributed by atoms with Crippen LogP contribution in [-0.4, -0.2) is 18.2 Å². The van der Waals surface area contributed by atoms with Gasteiger partial charge in [-0.25, -0.2) is 0 Å². The molecule has 1 aliphatic heterocycles. The van der Waals surface area contributed by atoms with Crippen molar-refractivity contribution in [2.45, 2.75) is 18.8 Å². The second-order valence-corrected chi connectivity index (χ2v) is 5.68. The molecule has 20 heavy (non-hydrogen) atoms. The number of rotatable bonds is 0. The lowest BCUT2D eigenvalue weighted by Gasteiger charge is -2.17. The standard InChI is InChI=1S/C17H15NO2/c19-15-8-7-12-13-6-5-10-3-1-2-4-11(10)16(13)17(20)18-9-14(12)15/h1-6,12,14H,7-9H2,(H,18,20)/t12-,14-/m0/s1. The van der Waals surface area contributed by atoms with Gasteiger partial charge in [-0.3, -0.25) is 9.59 Å². The molecule has 3 nitrogen and oxygen atoms in total. The normalized spacial score (nSPS) is 25.0. The van der Waals surface area contributed by atoms with E-state index in [9.17, 15) is 9.59 Å². The second-order valence-electron chi connectivity index (χ2n) is 5.68.